The van der Waals surface area contributed by atoms with Crippen molar-refractivity contribution in [1.29, 1.82) is 0 Å². The zero-order valence-corrected chi connectivity index (χ0v) is 7.97. The van der Waals surface area contributed by atoms with E-state index in [4.69, 9.17) is 27.4 Å². The first kappa shape index (κ1) is 9.70. The van der Waals surface area contributed by atoms with Crippen LogP contribution in [0.1, 0.15) is 0 Å². The maximum Gasteiger partial charge on any atom is 0.166 e. The number of nitrogens with zero attached hydrogens (tertiary/aromatic N) is 1. The first-order valence-electron chi connectivity index (χ1n) is 3.88. The summed E-state index contributed by atoms with van der Waals surface area (Å²) in [5.41, 5.74) is 5.53. The van der Waals surface area contributed by atoms with Gasteiger partial charge in [-0.3, -0.25) is 0 Å². The third kappa shape index (κ3) is 2.30. The van der Waals surface area contributed by atoms with Crippen LogP contribution in [-0.2, 0) is 9.47 Å². The summed E-state index contributed by atoms with van der Waals surface area (Å²) in [6.07, 6.45) is 0. The summed E-state index contributed by atoms with van der Waals surface area (Å²) in [5, 5.41) is 0.431. The van der Waals surface area contributed by atoms with Gasteiger partial charge in [-0.2, -0.15) is 0 Å². The van der Waals surface area contributed by atoms with Crippen LogP contribution in [0.4, 0.5) is 0 Å². The molecule has 1 unspecified atom stereocenters. The first-order chi connectivity index (χ1) is 5.75. The minimum Gasteiger partial charge on any atom is -0.382 e. The van der Waals surface area contributed by atoms with E-state index >= 15 is 0 Å². The van der Waals surface area contributed by atoms with E-state index < -0.39 is 0 Å². The number of hydrogen-bond donors (Lipinski definition) is 1. The molecule has 1 fully saturated rings. The van der Waals surface area contributed by atoms with Gasteiger partial charge in [0.2, 0.25) is 0 Å². The Bertz CT molecular complexity index is 163. The third-order valence-corrected chi connectivity index (χ3v) is 2.10. The molecule has 5 heteroatoms. The van der Waals surface area contributed by atoms with Crippen LogP contribution in [0.5, 0.6) is 0 Å². The van der Waals surface area contributed by atoms with Crippen LogP contribution in [0.2, 0.25) is 0 Å². The first-order valence-corrected chi connectivity index (χ1v) is 4.29. The van der Waals surface area contributed by atoms with Gasteiger partial charge in [0.25, 0.3) is 0 Å². The Kier molecular flexibility index (Phi) is 3.71. The van der Waals surface area contributed by atoms with Crippen molar-refractivity contribution in [3.63, 3.8) is 0 Å². The Morgan fingerprint density at radius 1 is 1.83 bits per heavy atom. The van der Waals surface area contributed by atoms with E-state index in [1.807, 2.05) is 4.90 Å². The molecule has 1 aliphatic heterocycles. The standard InChI is InChI=1S/C7H14N2O2S/c1-10-4-6-5-11-3-2-9(6)7(8)12/h6H,2-5H2,1H3,(H2,8,12). The van der Waals surface area contributed by atoms with E-state index in [1.165, 1.54) is 0 Å². The predicted molar refractivity (Wildman–Crippen MR) is 50.0 cm³/mol. The van der Waals surface area contributed by atoms with Gasteiger partial charge in [0, 0.05) is 13.7 Å². The number of hydrogen-bond acceptors (Lipinski definition) is 3. The lowest BCUT2D eigenvalue weighted by molar-refractivity contribution is -0.00393. The van der Waals surface area contributed by atoms with Crippen LogP contribution in [0.15, 0.2) is 0 Å². The van der Waals surface area contributed by atoms with Gasteiger partial charge in [-0.25, -0.2) is 0 Å². The molecule has 1 heterocycles. The van der Waals surface area contributed by atoms with Gasteiger partial charge in [-0.15, -0.1) is 0 Å². The summed E-state index contributed by atoms with van der Waals surface area (Å²) in [7, 11) is 1.66. The van der Waals surface area contributed by atoms with Crippen molar-refractivity contribution in [3.8, 4) is 0 Å². The lowest BCUT2D eigenvalue weighted by Gasteiger charge is -2.35. The fraction of sp³-hybridized carbons (Fsp3) is 0.857. The minimum atomic E-state index is 0.182. The van der Waals surface area contributed by atoms with Crippen molar-refractivity contribution in [2.45, 2.75) is 6.04 Å². The van der Waals surface area contributed by atoms with Crippen molar-refractivity contribution in [3.05, 3.63) is 0 Å². The molecule has 0 aromatic carbocycles. The van der Waals surface area contributed by atoms with Crippen molar-refractivity contribution in [2.24, 2.45) is 5.73 Å². The number of methoxy groups -OCH3 is 1. The smallest absolute Gasteiger partial charge is 0.166 e. The molecule has 1 rings (SSSR count). The largest absolute Gasteiger partial charge is 0.382 e. The maximum atomic E-state index is 5.53. The van der Waals surface area contributed by atoms with E-state index in [0.717, 1.165) is 6.54 Å². The highest BCUT2D eigenvalue weighted by molar-refractivity contribution is 7.80. The SMILES string of the molecule is COCC1COCCN1C(N)=S. The number of ether oxygens (including phenoxy) is 2. The number of morpholine rings is 1. The molecule has 1 atom stereocenters. The Balaban J connectivity index is 2.48. The summed E-state index contributed by atoms with van der Waals surface area (Å²) < 4.78 is 10.3. The van der Waals surface area contributed by atoms with Crippen LogP contribution in [0.25, 0.3) is 0 Å². The van der Waals surface area contributed by atoms with Gasteiger partial charge in [-0.05, 0) is 12.2 Å². The molecule has 0 saturated carbocycles. The lowest BCUT2D eigenvalue weighted by Crippen LogP contribution is -2.52. The van der Waals surface area contributed by atoms with Crippen molar-refractivity contribution < 1.29 is 9.47 Å². The highest BCUT2D eigenvalue weighted by Crippen LogP contribution is 2.06. The van der Waals surface area contributed by atoms with Gasteiger partial charge in [0.1, 0.15) is 0 Å². The number of thiocarbonyl (C=S) groups is 1. The molecule has 0 radical (unpaired) electrons. The van der Waals surface area contributed by atoms with Crippen LogP contribution in [0.3, 0.4) is 0 Å². The molecule has 12 heavy (non-hydrogen) atoms. The molecule has 0 aromatic rings. The van der Waals surface area contributed by atoms with Gasteiger partial charge >= 0.3 is 0 Å². The highest BCUT2D eigenvalue weighted by atomic mass is 32.1. The van der Waals surface area contributed by atoms with Gasteiger partial charge in [0.15, 0.2) is 5.11 Å². The van der Waals surface area contributed by atoms with Crippen LogP contribution in [0, 0.1) is 0 Å². The molecular weight excluding hydrogens is 176 g/mol. The summed E-state index contributed by atoms with van der Waals surface area (Å²) in [4.78, 5) is 1.95. The van der Waals surface area contributed by atoms with E-state index in [0.29, 0.717) is 24.9 Å². The summed E-state index contributed by atoms with van der Waals surface area (Å²) in [5.74, 6) is 0. The second kappa shape index (κ2) is 4.59. The molecule has 1 aliphatic rings. The minimum absolute atomic E-state index is 0.182. The summed E-state index contributed by atoms with van der Waals surface area (Å²) >= 11 is 4.90. The lowest BCUT2D eigenvalue weighted by atomic mass is 10.2. The van der Waals surface area contributed by atoms with Gasteiger partial charge in [-0.1, -0.05) is 0 Å². The molecule has 0 aromatic heterocycles. The average Bonchev–Trinajstić information content (AvgIpc) is 2.05. The van der Waals surface area contributed by atoms with Gasteiger partial charge in [0.05, 0.1) is 25.9 Å². The van der Waals surface area contributed by atoms with Crippen LogP contribution in [-0.4, -0.2) is 49.5 Å². The Morgan fingerprint density at radius 2 is 2.58 bits per heavy atom. The molecule has 1 saturated heterocycles. The highest BCUT2D eigenvalue weighted by Gasteiger charge is 2.23. The quantitative estimate of drug-likeness (QED) is 0.599. The molecule has 0 amide bonds. The second-order valence-corrected chi connectivity index (χ2v) is 3.13. The molecule has 2 N–H and O–H groups in total. The third-order valence-electron chi connectivity index (χ3n) is 1.87. The fourth-order valence-corrected chi connectivity index (χ4v) is 1.52. The molecule has 0 aliphatic carbocycles. The van der Waals surface area contributed by atoms with Crippen LogP contribution < -0.4 is 5.73 Å². The van der Waals surface area contributed by atoms with E-state index in [2.05, 4.69) is 0 Å². The van der Waals surface area contributed by atoms with E-state index in [1.54, 1.807) is 7.11 Å². The van der Waals surface area contributed by atoms with Gasteiger partial charge < -0.3 is 20.1 Å². The molecule has 0 spiro atoms. The predicted octanol–water partition coefficient (Wildman–Crippen LogP) is -0.423. The van der Waals surface area contributed by atoms with E-state index in [-0.39, 0.29) is 6.04 Å². The van der Waals surface area contributed by atoms with Crippen molar-refractivity contribution in [2.75, 3.05) is 33.5 Å². The molecular formula is C7H14N2O2S. The topological polar surface area (TPSA) is 47.7 Å². The fourth-order valence-electron chi connectivity index (χ4n) is 1.28. The van der Waals surface area contributed by atoms with Crippen molar-refractivity contribution >= 4 is 17.3 Å². The summed E-state index contributed by atoms with van der Waals surface area (Å²) in [6, 6.07) is 0.182. The Morgan fingerprint density at radius 3 is 3.17 bits per heavy atom. The zero-order valence-electron chi connectivity index (χ0n) is 7.16. The normalized spacial score (nSPS) is 24.1. The Hall–Kier alpha value is -0.390. The number of nitrogens with two attached hydrogens (primary N) is 1. The second-order valence-electron chi connectivity index (χ2n) is 2.72. The molecule has 4 nitrogen and oxygen atoms in total. The zero-order chi connectivity index (χ0) is 8.97. The van der Waals surface area contributed by atoms with Crippen molar-refractivity contribution in [1.82, 2.24) is 4.90 Å². The maximum absolute atomic E-state index is 5.53. The van der Waals surface area contributed by atoms with Crippen LogP contribution >= 0.6 is 12.2 Å². The Labute approximate surface area is 77.6 Å². The van der Waals surface area contributed by atoms with E-state index in [9.17, 15) is 0 Å². The monoisotopic (exact) mass is 190 g/mol. The summed E-state index contributed by atoms with van der Waals surface area (Å²) in [6.45, 7) is 2.71. The number of rotatable bonds is 2. The average molecular weight is 190 g/mol. The molecule has 0 bridgehead atoms. The molecule has 70 valence electrons.